The molecule has 0 radical (unpaired) electrons. The summed E-state index contributed by atoms with van der Waals surface area (Å²) in [6.45, 7) is 3.21. The van der Waals surface area contributed by atoms with Crippen LogP contribution in [0.5, 0.6) is 5.75 Å². The van der Waals surface area contributed by atoms with Gasteiger partial charge in [0.05, 0.1) is 23.3 Å². The number of carboxylic acid groups (broad SMARTS) is 1. The maximum atomic E-state index is 12.9. The molecule has 3 N–H and O–H groups in total. The van der Waals surface area contributed by atoms with Crippen molar-refractivity contribution in [3.05, 3.63) is 76.5 Å². The molecule has 0 amide bonds. The molecular weight excluding hydrogens is 435 g/mol. The summed E-state index contributed by atoms with van der Waals surface area (Å²) in [5.41, 5.74) is 0.281. The molecule has 0 aromatic heterocycles. The number of carbonyl (C=O) groups is 1. The maximum Gasteiger partial charge on any atom is 0.417 e. The van der Waals surface area contributed by atoms with E-state index in [4.69, 9.17) is 32.0 Å². The van der Waals surface area contributed by atoms with Gasteiger partial charge < -0.3 is 20.4 Å². The molecule has 2 aromatic rings. The van der Waals surface area contributed by atoms with Gasteiger partial charge in [0.2, 0.25) is 0 Å². The molecule has 0 heterocycles. The summed E-state index contributed by atoms with van der Waals surface area (Å²) < 4.78 is 44.1. The van der Waals surface area contributed by atoms with Crippen molar-refractivity contribution in [3.63, 3.8) is 0 Å². The minimum Gasteiger partial charge on any atom is -0.516 e. The molecule has 0 saturated heterocycles. The van der Waals surface area contributed by atoms with Gasteiger partial charge >= 0.3 is 12.1 Å². The lowest BCUT2D eigenvalue weighted by atomic mass is 9.92. The van der Waals surface area contributed by atoms with Gasteiger partial charge in [0.15, 0.2) is 0 Å². The fraction of sp³-hybridized carbons (Fsp3) is 0.273. The van der Waals surface area contributed by atoms with Crippen molar-refractivity contribution in [2.24, 2.45) is 0 Å². The smallest absolute Gasteiger partial charge is 0.417 e. The summed E-state index contributed by atoms with van der Waals surface area (Å²) >= 11 is 5.59. The Balaban J connectivity index is 0.00000110. The Morgan fingerprint density at radius 1 is 1.23 bits per heavy atom. The van der Waals surface area contributed by atoms with E-state index in [1.807, 2.05) is 0 Å². The van der Waals surface area contributed by atoms with Crippen LogP contribution in [0.25, 0.3) is 0 Å². The highest BCUT2D eigenvalue weighted by atomic mass is 35.5. The van der Waals surface area contributed by atoms with E-state index >= 15 is 0 Å². The second-order valence-corrected chi connectivity index (χ2v) is 6.89. The molecule has 2 rings (SSSR count). The van der Waals surface area contributed by atoms with Crippen molar-refractivity contribution in [2.75, 3.05) is 0 Å². The van der Waals surface area contributed by atoms with Crippen LogP contribution in [-0.2, 0) is 17.6 Å². The highest BCUT2D eigenvalue weighted by Crippen LogP contribution is 2.35. The van der Waals surface area contributed by atoms with Crippen molar-refractivity contribution in [1.29, 1.82) is 5.41 Å². The van der Waals surface area contributed by atoms with E-state index in [1.54, 1.807) is 37.3 Å². The van der Waals surface area contributed by atoms with Crippen molar-refractivity contribution in [1.82, 2.24) is 0 Å². The van der Waals surface area contributed by atoms with Gasteiger partial charge in [0.1, 0.15) is 12.4 Å². The molecule has 0 bridgehead atoms. The number of rotatable bonds is 7. The van der Waals surface area contributed by atoms with Crippen LogP contribution in [0, 0.1) is 5.41 Å². The van der Waals surface area contributed by atoms with Gasteiger partial charge in [0.25, 0.3) is 0 Å². The Kier molecular flexibility index (Phi) is 10.1. The number of ether oxygens (including phenoxy) is 1. The molecule has 2 aromatic carbocycles. The van der Waals surface area contributed by atoms with Gasteiger partial charge in [-0.25, -0.2) is 0 Å². The van der Waals surface area contributed by atoms with E-state index in [1.165, 1.54) is 19.1 Å². The Bertz CT molecular complexity index is 908. The quantitative estimate of drug-likeness (QED) is 0.322. The second-order valence-electron chi connectivity index (χ2n) is 6.49. The molecule has 0 fully saturated rings. The number of benzene rings is 2. The zero-order valence-electron chi connectivity index (χ0n) is 16.9. The fourth-order valence-electron chi connectivity index (χ4n) is 2.54. The van der Waals surface area contributed by atoms with Crippen LogP contribution < -0.4 is 4.74 Å². The van der Waals surface area contributed by atoms with E-state index in [9.17, 15) is 18.0 Å². The summed E-state index contributed by atoms with van der Waals surface area (Å²) in [7, 11) is 0. The number of nitrogens with one attached hydrogen (secondary N) is 1. The first-order valence-corrected chi connectivity index (χ1v) is 9.48. The molecular formula is C22H23ClF3NO4. The van der Waals surface area contributed by atoms with E-state index < -0.39 is 23.6 Å². The van der Waals surface area contributed by atoms with Gasteiger partial charge in [-0.1, -0.05) is 35.9 Å². The SMILES string of the molecule is C/C=C\O.CC(=N)C(CC(=O)O)c1ccc(OCc2ccc(Cl)c(C(F)(F)F)c2)cc1. The third-order valence-corrected chi connectivity index (χ3v) is 4.40. The van der Waals surface area contributed by atoms with Crippen LogP contribution in [0.4, 0.5) is 13.2 Å². The summed E-state index contributed by atoms with van der Waals surface area (Å²) in [6.07, 6.45) is -2.18. The van der Waals surface area contributed by atoms with Gasteiger partial charge in [0, 0.05) is 11.6 Å². The number of aliphatic carboxylic acids is 1. The third kappa shape index (κ3) is 8.72. The number of hydrogen-bond acceptors (Lipinski definition) is 4. The molecule has 168 valence electrons. The average Bonchev–Trinajstić information content (AvgIpc) is 2.71. The third-order valence-electron chi connectivity index (χ3n) is 4.07. The molecule has 0 saturated carbocycles. The topological polar surface area (TPSA) is 90.6 Å². The molecule has 0 aliphatic heterocycles. The highest BCUT2D eigenvalue weighted by Gasteiger charge is 2.33. The number of halogens is 4. The molecule has 9 heteroatoms. The highest BCUT2D eigenvalue weighted by molar-refractivity contribution is 6.31. The van der Waals surface area contributed by atoms with Gasteiger partial charge in [-0.3, -0.25) is 4.79 Å². The van der Waals surface area contributed by atoms with Crippen molar-refractivity contribution in [2.45, 2.75) is 39.0 Å². The fourth-order valence-corrected chi connectivity index (χ4v) is 2.76. The van der Waals surface area contributed by atoms with E-state index in [0.29, 0.717) is 16.9 Å². The number of aliphatic hydroxyl groups is 1. The summed E-state index contributed by atoms with van der Waals surface area (Å²) in [5, 5.41) is 24.0. The lowest BCUT2D eigenvalue weighted by molar-refractivity contribution is -0.138. The van der Waals surface area contributed by atoms with E-state index in [2.05, 4.69) is 0 Å². The van der Waals surface area contributed by atoms with Gasteiger partial charge in [-0.2, -0.15) is 13.2 Å². The number of carboxylic acids is 1. The number of aliphatic hydroxyl groups excluding tert-OH is 1. The lowest BCUT2D eigenvalue weighted by Crippen LogP contribution is -2.13. The molecule has 5 nitrogen and oxygen atoms in total. The molecule has 1 unspecified atom stereocenters. The van der Waals surface area contributed by atoms with Crippen LogP contribution >= 0.6 is 11.6 Å². The summed E-state index contributed by atoms with van der Waals surface area (Å²) in [4.78, 5) is 10.9. The van der Waals surface area contributed by atoms with E-state index in [-0.39, 0.29) is 23.8 Å². The van der Waals surface area contributed by atoms with Crippen LogP contribution in [0.2, 0.25) is 5.02 Å². The molecule has 31 heavy (non-hydrogen) atoms. The lowest BCUT2D eigenvalue weighted by Gasteiger charge is -2.15. The number of hydrogen-bond donors (Lipinski definition) is 3. The van der Waals surface area contributed by atoms with Crippen LogP contribution in [0.1, 0.15) is 42.9 Å². The van der Waals surface area contributed by atoms with Crippen LogP contribution in [-0.4, -0.2) is 21.9 Å². The first-order chi connectivity index (χ1) is 14.5. The first-order valence-electron chi connectivity index (χ1n) is 9.10. The predicted molar refractivity (Wildman–Crippen MR) is 113 cm³/mol. The standard InChI is InChI=1S/C19H17ClF3NO3.C3H6O/c1-11(24)15(9-18(25)26)13-3-5-14(6-4-13)27-10-12-2-7-17(20)16(8-12)19(21,22)23;1-2-3-4/h2-8,15,24H,9-10H2,1H3,(H,25,26);2-4H,1H3/b;3-2-. The van der Waals surface area contributed by atoms with Gasteiger partial charge in [-0.05, 0) is 49.2 Å². The second kappa shape index (κ2) is 12.0. The Morgan fingerprint density at radius 2 is 1.81 bits per heavy atom. The van der Waals surface area contributed by atoms with Crippen LogP contribution in [0.3, 0.4) is 0 Å². The minimum absolute atomic E-state index is 0.0816. The predicted octanol–water partition coefficient (Wildman–Crippen LogP) is 6.61. The largest absolute Gasteiger partial charge is 0.516 e. The van der Waals surface area contributed by atoms with Gasteiger partial charge in [-0.15, -0.1) is 0 Å². The Morgan fingerprint density at radius 3 is 2.26 bits per heavy atom. The van der Waals surface area contributed by atoms with Crippen LogP contribution in [0.15, 0.2) is 54.8 Å². The van der Waals surface area contributed by atoms with Crippen molar-refractivity contribution >= 4 is 23.3 Å². The normalized spacial score (nSPS) is 12.1. The zero-order chi connectivity index (χ0) is 23.6. The molecule has 0 spiro atoms. The zero-order valence-corrected chi connectivity index (χ0v) is 17.7. The van der Waals surface area contributed by atoms with E-state index in [0.717, 1.165) is 12.3 Å². The monoisotopic (exact) mass is 457 g/mol. The summed E-state index contributed by atoms with van der Waals surface area (Å²) in [6, 6.07) is 10.0. The Labute approximate surface area is 183 Å². The average molecular weight is 458 g/mol. The van der Waals surface area contributed by atoms with Crippen molar-refractivity contribution in [3.8, 4) is 5.75 Å². The molecule has 1 atom stereocenters. The Hall–Kier alpha value is -3.00. The maximum absolute atomic E-state index is 12.9. The minimum atomic E-state index is -4.54. The molecule has 0 aliphatic rings. The summed E-state index contributed by atoms with van der Waals surface area (Å²) in [5.74, 6) is -1.13. The molecule has 0 aliphatic carbocycles. The number of allylic oxidation sites excluding steroid dienone is 1. The number of alkyl halides is 3. The van der Waals surface area contributed by atoms with Crippen molar-refractivity contribution < 1.29 is 32.9 Å². The first kappa shape index (κ1) is 26.0.